The van der Waals surface area contributed by atoms with Crippen LogP contribution < -0.4 is 10.5 Å². The van der Waals surface area contributed by atoms with Gasteiger partial charge in [-0.05, 0) is 18.2 Å². The van der Waals surface area contributed by atoms with E-state index < -0.39 is 5.82 Å². The summed E-state index contributed by atoms with van der Waals surface area (Å²) in [6, 6.07) is 6.31. The first-order valence-corrected chi connectivity index (χ1v) is 5.40. The summed E-state index contributed by atoms with van der Waals surface area (Å²) in [4.78, 5) is 0. The number of nitrogen functional groups attached to an aromatic ring is 1. The van der Waals surface area contributed by atoms with Crippen molar-refractivity contribution in [3.8, 4) is 5.75 Å². The standard InChI is InChI=1S/C11H11ClFN3O/c12-8-2-1-3-9(11(8)13)17-7-6-16-5-4-10(14)15-16/h1-5H,6-7H2,(H2,14,15). The van der Waals surface area contributed by atoms with E-state index in [0.717, 1.165) is 0 Å². The number of aromatic nitrogens is 2. The predicted molar refractivity (Wildman–Crippen MR) is 63.5 cm³/mol. The number of ether oxygens (including phenoxy) is 1. The summed E-state index contributed by atoms with van der Waals surface area (Å²) in [6.07, 6.45) is 1.73. The minimum absolute atomic E-state index is 0.0471. The monoisotopic (exact) mass is 255 g/mol. The lowest BCUT2D eigenvalue weighted by Crippen LogP contribution is -2.09. The van der Waals surface area contributed by atoms with Gasteiger partial charge in [0.05, 0.1) is 11.6 Å². The lowest BCUT2D eigenvalue weighted by Gasteiger charge is -2.07. The van der Waals surface area contributed by atoms with E-state index in [-0.39, 0.29) is 10.8 Å². The van der Waals surface area contributed by atoms with Crippen LogP contribution in [0.25, 0.3) is 0 Å². The maximum Gasteiger partial charge on any atom is 0.183 e. The molecule has 0 amide bonds. The number of rotatable bonds is 4. The fourth-order valence-electron chi connectivity index (χ4n) is 1.35. The van der Waals surface area contributed by atoms with Crippen molar-refractivity contribution < 1.29 is 9.13 Å². The molecule has 4 nitrogen and oxygen atoms in total. The summed E-state index contributed by atoms with van der Waals surface area (Å²) >= 11 is 5.62. The molecule has 1 aromatic carbocycles. The number of nitrogens with two attached hydrogens (primary N) is 1. The number of hydrogen-bond acceptors (Lipinski definition) is 3. The molecule has 0 fully saturated rings. The molecule has 17 heavy (non-hydrogen) atoms. The fraction of sp³-hybridized carbons (Fsp3) is 0.182. The highest BCUT2D eigenvalue weighted by atomic mass is 35.5. The van der Waals surface area contributed by atoms with Crippen molar-refractivity contribution in [2.45, 2.75) is 6.54 Å². The molecule has 0 spiro atoms. The Morgan fingerprint density at radius 2 is 2.24 bits per heavy atom. The molecule has 90 valence electrons. The third-order valence-corrected chi connectivity index (χ3v) is 2.45. The van der Waals surface area contributed by atoms with Crippen LogP contribution >= 0.6 is 11.6 Å². The van der Waals surface area contributed by atoms with E-state index in [4.69, 9.17) is 22.1 Å². The molecule has 6 heteroatoms. The topological polar surface area (TPSA) is 53.1 Å². The molecule has 0 saturated carbocycles. The number of halogens is 2. The van der Waals surface area contributed by atoms with E-state index >= 15 is 0 Å². The summed E-state index contributed by atoms with van der Waals surface area (Å²) in [6.45, 7) is 0.779. The predicted octanol–water partition coefficient (Wildman–Crippen LogP) is 2.34. The van der Waals surface area contributed by atoms with Crippen LogP contribution in [0, 0.1) is 5.82 Å². The average molecular weight is 256 g/mol. The summed E-state index contributed by atoms with van der Waals surface area (Å²) in [5.41, 5.74) is 5.46. The molecule has 0 aliphatic carbocycles. The molecule has 2 N–H and O–H groups in total. The van der Waals surface area contributed by atoms with Gasteiger partial charge in [-0.3, -0.25) is 4.68 Å². The summed E-state index contributed by atoms with van der Waals surface area (Å²) in [5, 5.41) is 4.02. The fourth-order valence-corrected chi connectivity index (χ4v) is 1.51. The molecular weight excluding hydrogens is 245 g/mol. The van der Waals surface area contributed by atoms with Crippen molar-refractivity contribution in [2.24, 2.45) is 0 Å². The molecular formula is C11H11ClFN3O. The molecule has 0 aliphatic rings. The van der Waals surface area contributed by atoms with Crippen molar-refractivity contribution in [3.05, 3.63) is 41.3 Å². The molecule has 0 radical (unpaired) electrons. The Kier molecular flexibility index (Phi) is 3.49. The van der Waals surface area contributed by atoms with E-state index in [2.05, 4.69) is 5.10 Å². The second-order valence-electron chi connectivity index (χ2n) is 3.40. The van der Waals surface area contributed by atoms with Crippen LogP contribution in [0.5, 0.6) is 5.75 Å². The summed E-state index contributed by atoms with van der Waals surface area (Å²) < 4.78 is 20.3. The molecule has 0 unspecified atom stereocenters. The van der Waals surface area contributed by atoms with Crippen LogP contribution in [0.1, 0.15) is 0 Å². The first kappa shape index (κ1) is 11.7. The van der Waals surface area contributed by atoms with Gasteiger partial charge in [0.2, 0.25) is 0 Å². The second-order valence-corrected chi connectivity index (χ2v) is 3.81. The van der Waals surface area contributed by atoms with Crippen molar-refractivity contribution >= 4 is 17.4 Å². The summed E-state index contributed by atoms with van der Waals surface area (Å²) in [7, 11) is 0. The minimum atomic E-state index is -0.547. The zero-order chi connectivity index (χ0) is 12.3. The number of benzene rings is 1. The van der Waals surface area contributed by atoms with Gasteiger partial charge in [0.1, 0.15) is 12.4 Å². The van der Waals surface area contributed by atoms with E-state index in [1.807, 2.05) is 0 Å². The first-order valence-electron chi connectivity index (χ1n) is 5.02. The lowest BCUT2D eigenvalue weighted by molar-refractivity contribution is 0.278. The third kappa shape index (κ3) is 2.88. The molecule has 2 rings (SSSR count). The van der Waals surface area contributed by atoms with Gasteiger partial charge in [0, 0.05) is 6.20 Å². The highest BCUT2D eigenvalue weighted by molar-refractivity contribution is 6.30. The zero-order valence-corrected chi connectivity index (χ0v) is 9.69. The van der Waals surface area contributed by atoms with Crippen molar-refractivity contribution in [3.63, 3.8) is 0 Å². The number of nitrogens with zero attached hydrogens (tertiary/aromatic N) is 2. The Hall–Kier alpha value is -1.75. The number of hydrogen-bond donors (Lipinski definition) is 1. The van der Waals surface area contributed by atoms with Gasteiger partial charge in [0.25, 0.3) is 0 Å². The van der Waals surface area contributed by atoms with Gasteiger partial charge in [-0.2, -0.15) is 5.10 Å². The van der Waals surface area contributed by atoms with Gasteiger partial charge in [-0.25, -0.2) is 4.39 Å². The largest absolute Gasteiger partial charge is 0.489 e. The van der Waals surface area contributed by atoms with Crippen LogP contribution in [-0.4, -0.2) is 16.4 Å². The smallest absolute Gasteiger partial charge is 0.183 e. The molecule has 0 bridgehead atoms. The SMILES string of the molecule is Nc1ccn(CCOc2cccc(Cl)c2F)n1. The zero-order valence-electron chi connectivity index (χ0n) is 8.94. The van der Waals surface area contributed by atoms with Crippen LogP contribution in [0.4, 0.5) is 10.2 Å². The minimum Gasteiger partial charge on any atom is -0.489 e. The first-order chi connectivity index (χ1) is 8.16. The van der Waals surface area contributed by atoms with Crippen LogP contribution in [-0.2, 0) is 6.54 Å². The van der Waals surface area contributed by atoms with Gasteiger partial charge in [-0.15, -0.1) is 0 Å². The molecule has 0 atom stereocenters. The maximum absolute atomic E-state index is 13.4. The van der Waals surface area contributed by atoms with Crippen LogP contribution in [0.3, 0.4) is 0 Å². The molecule has 1 heterocycles. The summed E-state index contributed by atoms with van der Waals surface area (Å²) in [5.74, 6) is 0.0331. The van der Waals surface area contributed by atoms with Crippen molar-refractivity contribution in [2.75, 3.05) is 12.3 Å². The van der Waals surface area contributed by atoms with Gasteiger partial charge in [0.15, 0.2) is 11.6 Å². The second kappa shape index (κ2) is 5.05. The van der Waals surface area contributed by atoms with Crippen LogP contribution in [0.15, 0.2) is 30.5 Å². The van der Waals surface area contributed by atoms with Gasteiger partial charge < -0.3 is 10.5 Å². The van der Waals surface area contributed by atoms with Crippen molar-refractivity contribution in [1.29, 1.82) is 0 Å². The molecule has 0 aliphatic heterocycles. The van der Waals surface area contributed by atoms with E-state index in [0.29, 0.717) is 19.0 Å². The Balaban J connectivity index is 1.92. The quantitative estimate of drug-likeness (QED) is 0.912. The van der Waals surface area contributed by atoms with Gasteiger partial charge in [-0.1, -0.05) is 17.7 Å². The Morgan fingerprint density at radius 1 is 1.41 bits per heavy atom. The van der Waals surface area contributed by atoms with E-state index in [1.54, 1.807) is 23.0 Å². The molecule has 2 aromatic rings. The molecule has 0 saturated heterocycles. The average Bonchev–Trinajstić information content (AvgIpc) is 2.70. The van der Waals surface area contributed by atoms with E-state index in [1.165, 1.54) is 12.1 Å². The number of anilines is 1. The molecule has 1 aromatic heterocycles. The van der Waals surface area contributed by atoms with Crippen LogP contribution in [0.2, 0.25) is 5.02 Å². The Bertz CT molecular complexity index is 515. The highest BCUT2D eigenvalue weighted by Crippen LogP contribution is 2.23. The van der Waals surface area contributed by atoms with Gasteiger partial charge >= 0.3 is 0 Å². The maximum atomic E-state index is 13.4. The normalized spacial score (nSPS) is 10.5. The third-order valence-electron chi connectivity index (χ3n) is 2.16. The highest BCUT2D eigenvalue weighted by Gasteiger charge is 2.06. The lowest BCUT2D eigenvalue weighted by atomic mass is 10.3. The Morgan fingerprint density at radius 3 is 2.94 bits per heavy atom. The van der Waals surface area contributed by atoms with E-state index in [9.17, 15) is 4.39 Å². The van der Waals surface area contributed by atoms with Crippen molar-refractivity contribution in [1.82, 2.24) is 9.78 Å². The Labute approximate surface area is 103 Å².